The van der Waals surface area contributed by atoms with Crippen LogP contribution in [-0.2, 0) is 0 Å². The van der Waals surface area contributed by atoms with Gasteiger partial charge in [-0.1, -0.05) is 13.0 Å². The van der Waals surface area contributed by atoms with Gasteiger partial charge in [0.2, 0.25) is 0 Å². The number of allylic oxidation sites excluding steroid dienone is 1. The maximum atomic E-state index is 3.74. The van der Waals surface area contributed by atoms with Gasteiger partial charge in [0.15, 0.2) is 0 Å². The summed E-state index contributed by atoms with van der Waals surface area (Å²) in [5.74, 6) is 0.645. The van der Waals surface area contributed by atoms with Crippen molar-refractivity contribution in [3.63, 3.8) is 0 Å². The predicted molar refractivity (Wildman–Crippen MR) is 52.3 cm³/mol. The SMILES string of the molecule is C=CCC(C)c1ccc(C)s1. The normalized spacial score (nSPS) is 12.9. The molecule has 0 N–H and O–H groups in total. The maximum absolute atomic E-state index is 3.74. The van der Waals surface area contributed by atoms with Gasteiger partial charge in [-0.3, -0.25) is 0 Å². The first-order chi connectivity index (χ1) is 5.24. The number of hydrogen-bond donors (Lipinski definition) is 0. The quantitative estimate of drug-likeness (QED) is 0.600. The Balaban J connectivity index is 2.67. The van der Waals surface area contributed by atoms with Crippen molar-refractivity contribution in [2.24, 2.45) is 0 Å². The summed E-state index contributed by atoms with van der Waals surface area (Å²) in [4.78, 5) is 2.87. The maximum Gasteiger partial charge on any atom is 0.00793 e. The van der Waals surface area contributed by atoms with Gasteiger partial charge in [0.1, 0.15) is 0 Å². The molecule has 0 saturated heterocycles. The Morgan fingerprint density at radius 3 is 2.82 bits per heavy atom. The molecule has 0 aromatic carbocycles. The smallest absolute Gasteiger partial charge is 0.00793 e. The highest BCUT2D eigenvalue weighted by molar-refractivity contribution is 7.12. The third-order valence-corrected chi connectivity index (χ3v) is 3.00. The van der Waals surface area contributed by atoms with Crippen molar-refractivity contribution in [2.45, 2.75) is 26.2 Å². The molecule has 0 amide bonds. The first kappa shape index (κ1) is 8.54. The zero-order valence-electron chi connectivity index (χ0n) is 7.13. The van der Waals surface area contributed by atoms with Gasteiger partial charge in [0, 0.05) is 9.75 Å². The molecule has 11 heavy (non-hydrogen) atoms. The lowest BCUT2D eigenvalue weighted by atomic mass is 10.1. The molecule has 1 unspecified atom stereocenters. The molecule has 0 radical (unpaired) electrons. The summed E-state index contributed by atoms with van der Waals surface area (Å²) < 4.78 is 0. The largest absolute Gasteiger partial charge is 0.145 e. The molecule has 0 fully saturated rings. The van der Waals surface area contributed by atoms with E-state index < -0.39 is 0 Å². The second-order valence-corrected chi connectivity index (χ2v) is 4.19. The minimum absolute atomic E-state index is 0.645. The van der Waals surface area contributed by atoms with E-state index in [0.717, 1.165) is 6.42 Å². The van der Waals surface area contributed by atoms with E-state index in [1.165, 1.54) is 9.75 Å². The topological polar surface area (TPSA) is 0 Å². The van der Waals surface area contributed by atoms with Crippen LogP contribution < -0.4 is 0 Å². The van der Waals surface area contributed by atoms with E-state index in [9.17, 15) is 0 Å². The van der Waals surface area contributed by atoms with Crippen LogP contribution in [0.1, 0.15) is 29.0 Å². The summed E-state index contributed by atoms with van der Waals surface area (Å²) in [6.07, 6.45) is 3.07. The highest BCUT2D eigenvalue weighted by Crippen LogP contribution is 2.26. The second kappa shape index (κ2) is 3.72. The third kappa shape index (κ3) is 2.19. The van der Waals surface area contributed by atoms with Gasteiger partial charge in [-0.15, -0.1) is 17.9 Å². The Morgan fingerprint density at radius 1 is 1.64 bits per heavy atom. The molecule has 0 aliphatic heterocycles. The van der Waals surface area contributed by atoms with Crippen LogP contribution in [0.3, 0.4) is 0 Å². The summed E-state index contributed by atoms with van der Waals surface area (Å²) in [5.41, 5.74) is 0. The Bertz CT molecular complexity index is 235. The predicted octanol–water partition coefficient (Wildman–Crippen LogP) is 3.74. The van der Waals surface area contributed by atoms with Gasteiger partial charge in [0.25, 0.3) is 0 Å². The highest BCUT2D eigenvalue weighted by atomic mass is 32.1. The minimum atomic E-state index is 0.645. The Kier molecular flexibility index (Phi) is 2.89. The molecule has 60 valence electrons. The lowest BCUT2D eigenvalue weighted by molar-refractivity contribution is 0.799. The van der Waals surface area contributed by atoms with Gasteiger partial charge in [-0.2, -0.15) is 0 Å². The van der Waals surface area contributed by atoms with E-state index in [1.807, 2.05) is 17.4 Å². The molecule has 1 heteroatoms. The van der Waals surface area contributed by atoms with Crippen LogP contribution in [0.15, 0.2) is 24.8 Å². The summed E-state index contributed by atoms with van der Waals surface area (Å²) >= 11 is 1.89. The number of hydrogen-bond acceptors (Lipinski definition) is 1. The van der Waals surface area contributed by atoms with E-state index in [2.05, 4.69) is 32.6 Å². The molecule has 0 bridgehead atoms. The lowest BCUT2D eigenvalue weighted by Gasteiger charge is -2.03. The third-order valence-electron chi connectivity index (χ3n) is 1.77. The molecule has 1 atom stereocenters. The molecule has 0 saturated carbocycles. The number of thiophene rings is 1. The second-order valence-electron chi connectivity index (χ2n) is 2.87. The Hall–Kier alpha value is -0.560. The van der Waals surface area contributed by atoms with Crippen molar-refractivity contribution in [3.8, 4) is 0 Å². The highest BCUT2D eigenvalue weighted by Gasteiger charge is 2.04. The first-order valence-corrected chi connectivity index (χ1v) is 4.73. The van der Waals surface area contributed by atoms with Gasteiger partial charge in [-0.05, 0) is 31.4 Å². The molecular weight excluding hydrogens is 152 g/mol. The van der Waals surface area contributed by atoms with Crippen LogP contribution in [0.4, 0.5) is 0 Å². The van der Waals surface area contributed by atoms with Crippen molar-refractivity contribution >= 4 is 11.3 Å². The van der Waals surface area contributed by atoms with E-state index in [0.29, 0.717) is 5.92 Å². The van der Waals surface area contributed by atoms with Gasteiger partial charge >= 0.3 is 0 Å². The van der Waals surface area contributed by atoms with Crippen LogP contribution in [0, 0.1) is 6.92 Å². The first-order valence-electron chi connectivity index (χ1n) is 3.91. The molecule has 0 aliphatic rings. The fourth-order valence-electron chi connectivity index (χ4n) is 1.08. The minimum Gasteiger partial charge on any atom is -0.145 e. The Morgan fingerprint density at radius 2 is 2.36 bits per heavy atom. The average Bonchev–Trinajstić information content (AvgIpc) is 2.36. The zero-order chi connectivity index (χ0) is 8.27. The summed E-state index contributed by atoms with van der Waals surface area (Å²) in [7, 11) is 0. The van der Waals surface area contributed by atoms with Crippen molar-refractivity contribution in [1.82, 2.24) is 0 Å². The van der Waals surface area contributed by atoms with Crippen LogP contribution >= 0.6 is 11.3 Å². The summed E-state index contributed by atoms with van der Waals surface area (Å²) in [5, 5.41) is 0. The van der Waals surface area contributed by atoms with Gasteiger partial charge < -0.3 is 0 Å². The van der Waals surface area contributed by atoms with Crippen molar-refractivity contribution in [3.05, 3.63) is 34.5 Å². The van der Waals surface area contributed by atoms with Crippen LogP contribution in [0.25, 0.3) is 0 Å². The van der Waals surface area contributed by atoms with Gasteiger partial charge in [-0.25, -0.2) is 0 Å². The fourth-order valence-corrected chi connectivity index (χ4v) is 2.03. The monoisotopic (exact) mass is 166 g/mol. The molecule has 1 heterocycles. The van der Waals surface area contributed by atoms with Crippen LogP contribution in [-0.4, -0.2) is 0 Å². The van der Waals surface area contributed by atoms with E-state index in [4.69, 9.17) is 0 Å². The molecule has 0 aliphatic carbocycles. The van der Waals surface area contributed by atoms with Crippen LogP contribution in [0.5, 0.6) is 0 Å². The lowest BCUT2D eigenvalue weighted by Crippen LogP contribution is -1.85. The van der Waals surface area contributed by atoms with Crippen molar-refractivity contribution < 1.29 is 0 Å². The molecule has 0 spiro atoms. The fraction of sp³-hybridized carbons (Fsp3) is 0.400. The molecule has 1 aromatic heterocycles. The van der Waals surface area contributed by atoms with E-state index in [-0.39, 0.29) is 0 Å². The molecular formula is C10H14S. The summed E-state index contributed by atoms with van der Waals surface area (Å²) in [6, 6.07) is 4.40. The number of rotatable bonds is 3. The van der Waals surface area contributed by atoms with E-state index in [1.54, 1.807) is 0 Å². The standard InChI is InChI=1S/C10H14S/c1-4-5-8(2)10-7-6-9(3)11-10/h4,6-8H,1,5H2,2-3H3. The van der Waals surface area contributed by atoms with Crippen molar-refractivity contribution in [1.29, 1.82) is 0 Å². The molecule has 1 aromatic rings. The average molecular weight is 166 g/mol. The summed E-state index contributed by atoms with van der Waals surface area (Å²) in [6.45, 7) is 8.13. The van der Waals surface area contributed by atoms with Crippen LogP contribution in [0.2, 0.25) is 0 Å². The number of aryl methyl sites for hydroxylation is 1. The van der Waals surface area contributed by atoms with E-state index >= 15 is 0 Å². The van der Waals surface area contributed by atoms with Crippen molar-refractivity contribution in [2.75, 3.05) is 0 Å². The Labute approximate surface area is 72.6 Å². The zero-order valence-corrected chi connectivity index (χ0v) is 7.95. The molecule has 0 nitrogen and oxygen atoms in total. The van der Waals surface area contributed by atoms with Gasteiger partial charge in [0.05, 0.1) is 0 Å². The molecule has 1 rings (SSSR count).